The fourth-order valence-electron chi connectivity index (χ4n) is 2.49. The lowest BCUT2D eigenvalue weighted by molar-refractivity contribution is -0.143. The summed E-state index contributed by atoms with van der Waals surface area (Å²) in [7, 11) is 0. The zero-order chi connectivity index (χ0) is 38.9. The number of rotatable bonds is 20. The molecule has 0 aromatic heterocycles. The van der Waals surface area contributed by atoms with Crippen molar-refractivity contribution in [1.29, 1.82) is 0 Å². The molecule has 0 spiro atoms. The number of ketones is 2. The van der Waals surface area contributed by atoms with Gasteiger partial charge in [-0.1, -0.05) is 0 Å². The highest BCUT2D eigenvalue weighted by atomic mass is 16.4. The maximum atomic E-state index is 10.5. The van der Waals surface area contributed by atoms with Gasteiger partial charge in [0.15, 0.2) is 17.9 Å². The zero-order valence-electron chi connectivity index (χ0n) is 25.2. The maximum Gasteiger partial charge on any atom is 0.189 e. The van der Waals surface area contributed by atoms with E-state index in [4.69, 9.17) is 107 Å². The van der Waals surface area contributed by atoms with Crippen LogP contribution in [0.25, 0.3) is 0 Å². The van der Waals surface area contributed by atoms with Crippen LogP contribution in [-0.4, -0.2) is 257 Å². The Hall–Kier alpha value is -1.83. The van der Waals surface area contributed by atoms with Gasteiger partial charge in [0.05, 0.1) is 33.0 Å². The summed E-state index contributed by atoms with van der Waals surface area (Å²) < 4.78 is 0. The third kappa shape index (κ3) is 21.3. The Morgan fingerprint density at radius 2 is 0.583 bits per heavy atom. The molecule has 14 atom stereocenters. The van der Waals surface area contributed by atoms with Crippen molar-refractivity contribution in [3.63, 3.8) is 0 Å². The van der Waals surface area contributed by atoms with Gasteiger partial charge in [0.25, 0.3) is 0 Å². The van der Waals surface area contributed by atoms with Crippen LogP contribution >= 0.6 is 0 Å². The van der Waals surface area contributed by atoms with Crippen LogP contribution in [0.1, 0.15) is 0 Å². The summed E-state index contributed by atoms with van der Waals surface area (Å²) in [5.41, 5.74) is 0. The lowest BCUT2D eigenvalue weighted by Crippen LogP contribution is -2.46. The van der Waals surface area contributed by atoms with Crippen molar-refractivity contribution < 1.29 is 122 Å². The molecule has 0 heterocycles. The molecular formula is C24H50O24. The average molecular weight is 723 g/mol. The van der Waals surface area contributed by atoms with Gasteiger partial charge in [0, 0.05) is 0 Å². The lowest BCUT2D eigenvalue weighted by Gasteiger charge is -2.24. The summed E-state index contributed by atoms with van der Waals surface area (Å²) in [6, 6.07) is 0. The van der Waals surface area contributed by atoms with Crippen molar-refractivity contribution in [2.45, 2.75) is 85.5 Å². The number of aliphatic hydroxyl groups excluding tert-OH is 21. The van der Waals surface area contributed by atoms with E-state index < -0.39 is 143 Å². The minimum Gasteiger partial charge on any atom is -0.394 e. The van der Waals surface area contributed by atoms with E-state index in [1.807, 2.05) is 0 Å². The van der Waals surface area contributed by atoms with Gasteiger partial charge in [0.1, 0.15) is 98.7 Å². The normalized spacial score (nSPS) is 19.9. The number of carbonyl (C=O) groups excluding carboxylic acids is 3. The standard InChI is InChI=1S/C6H14O6.3C6H12O6/c4*7-1-3(9)5(11)6(12)4(10)2-8/h3-12H,1-2H2;2*3,5-9,11-12H,1-2H2;1,3-6,8-12H,2H2/t3-,4-,5-,6-;3-,5+,6+;3-,5-,6-;3-,4+,5+,6+/m1110/s1. The van der Waals surface area contributed by atoms with Gasteiger partial charge in [-0.15, -0.1) is 0 Å². The number of aldehydes is 1. The van der Waals surface area contributed by atoms with E-state index in [1.54, 1.807) is 0 Å². The molecule has 21 N–H and O–H groups in total. The molecule has 0 aromatic rings. The van der Waals surface area contributed by atoms with Crippen molar-refractivity contribution >= 4 is 17.9 Å². The first-order valence-corrected chi connectivity index (χ1v) is 13.5. The molecule has 0 aromatic carbocycles. The minimum absolute atomic E-state index is 0.0258. The molecule has 0 amide bonds. The molecule has 0 aliphatic carbocycles. The largest absolute Gasteiger partial charge is 0.394 e. The Kier molecular flexibility index (Phi) is 33.1. The van der Waals surface area contributed by atoms with Crippen LogP contribution in [0.3, 0.4) is 0 Å². The molecule has 0 aliphatic rings. The minimum atomic E-state index is -1.86. The van der Waals surface area contributed by atoms with E-state index in [0.29, 0.717) is 0 Å². The smallest absolute Gasteiger partial charge is 0.189 e. The first-order chi connectivity index (χ1) is 22.2. The predicted molar refractivity (Wildman–Crippen MR) is 150 cm³/mol. The fraction of sp³-hybridized carbons (Fsp3) is 0.875. The molecule has 0 rings (SSSR count). The summed E-state index contributed by atoms with van der Waals surface area (Å²) >= 11 is 0. The lowest BCUT2D eigenvalue weighted by atomic mass is 10.0. The molecule has 0 saturated heterocycles. The monoisotopic (exact) mass is 722 g/mol. The molecule has 290 valence electrons. The van der Waals surface area contributed by atoms with Gasteiger partial charge in [-0.3, -0.25) is 9.59 Å². The highest BCUT2D eigenvalue weighted by Crippen LogP contribution is 2.05. The maximum absolute atomic E-state index is 10.5. The van der Waals surface area contributed by atoms with Gasteiger partial charge in [-0.25, -0.2) is 0 Å². The van der Waals surface area contributed by atoms with Crippen LogP contribution in [0.5, 0.6) is 0 Å². The molecular weight excluding hydrogens is 672 g/mol. The second kappa shape index (κ2) is 30.0. The van der Waals surface area contributed by atoms with Crippen LogP contribution < -0.4 is 0 Å². The molecule has 0 radical (unpaired) electrons. The molecule has 48 heavy (non-hydrogen) atoms. The molecule has 0 saturated carbocycles. The summed E-state index contributed by atoms with van der Waals surface area (Å²) in [4.78, 5) is 30.9. The molecule has 0 aliphatic heterocycles. The first-order valence-electron chi connectivity index (χ1n) is 13.5. The van der Waals surface area contributed by atoms with Crippen LogP contribution in [0.15, 0.2) is 0 Å². The molecule has 0 unspecified atom stereocenters. The van der Waals surface area contributed by atoms with Crippen molar-refractivity contribution in [3.05, 3.63) is 0 Å². The van der Waals surface area contributed by atoms with Crippen molar-refractivity contribution in [2.75, 3.05) is 46.2 Å². The zero-order valence-corrected chi connectivity index (χ0v) is 25.2. The van der Waals surface area contributed by atoms with Gasteiger partial charge < -0.3 is 112 Å². The Morgan fingerprint density at radius 1 is 0.375 bits per heavy atom. The van der Waals surface area contributed by atoms with E-state index in [0.717, 1.165) is 0 Å². The summed E-state index contributed by atoms with van der Waals surface area (Å²) in [5.74, 6) is -2.01. The number of hydrogen-bond acceptors (Lipinski definition) is 24. The predicted octanol–water partition coefficient (Wildman–Crippen LogP) is -13.7. The Balaban J connectivity index is -0.000000269. The number of Topliss-reactive ketones (excluding diaryl/α,β-unsaturated/α-hetero) is 2. The van der Waals surface area contributed by atoms with E-state index in [9.17, 15) is 14.4 Å². The highest BCUT2D eigenvalue weighted by Gasteiger charge is 2.31. The molecule has 24 nitrogen and oxygen atoms in total. The van der Waals surface area contributed by atoms with Crippen LogP contribution in [0, 0.1) is 0 Å². The van der Waals surface area contributed by atoms with Crippen LogP contribution in [0.4, 0.5) is 0 Å². The average Bonchev–Trinajstić information content (AvgIpc) is 3.12. The molecule has 0 fully saturated rings. The van der Waals surface area contributed by atoms with Gasteiger partial charge in [-0.05, 0) is 0 Å². The quantitative estimate of drug-likeness (QED) is 0.0518. The topological polar surface area (TPSA) is 476 Å². The van der Waals surface area contributed by atoms with Gasteiger partial charge in [-0.2, -0.15) is 0 Å². The van der Waals surface area contributed by atoms with Crippen molar-refractivity contribution in [2.24, 2.45) is 0 Å². The third-order valence-electron chi connectivity index (χ3n) is 5.71. The van der Waals surface area contributed by atoms with E-state index in [-0.39, 0.29) is 6.29 Å². The van der Waals surface area contributed by atoms with Crippen molar-refractivity contribution in [3.8, 4) is 0 Å². The summed E-state index contributed by atoms with van der Waals surface area (Å²) in [5, 5.41) is 182. The number of hydrogen-bond donors (Lipinski definition) is 21. The Morgan fingerprint density at radius 3 is 0.771 bits per heavy atom. The van der Waals surface area contributed by atoms with Crippen LogP contribution in [-0.2, 0) is 14.4 Å². The SMILES string of the molecule is O=C(CO)[C@@H](O)[C@H](O)[C@H](O)CO.O=C(CO)[C@H](O)[C@@H](O)[C@H](O)CO.O=C[C@H](O)[C@@H](O)[C@H](O)[C@H](O)CO.OC[C@@H](O)[C@@H](O)[C@H](O)[C@H](O)CO. The summed E-state index contributed by atoms with van der Waals surface area (Å²) in [6.45, 7) is -5.59. The van der Waals surface area contributed by atoms with E-state index in [2.05, 4.69) is 0 Å². The first kappa shape index (κ1) is 53.0. The Bertz CT molecular complexity index is 758. The Labute approximate surface area is 271 Å². The second-order valence-electron chi connectivity index (χ2n) is 9.46. The highest BCUT2D eigenvalue weighted by molar-refractivity contribution is 5.84. The van der Waals surface area contributed by atoms with E-state index >= 15 is 0 Å². The number of aliphatic hydroxyl groups is 21. The van der Waals surface area contributed by atoms with Crippen LogP contribution in [0.2, 0.25) is 0 Å². The van der Waals surface area contributed by atoms with Gasteiger partial charge in [0.2, 0.25) is 0 Å². The molecule has 0 bridgehead atoms. The fourth-order valence-corrected chi connectivity index (χ4v) is 2.49. The second-order valence-corrected chi connectivity index (χ2v) is 9.46. The summed E-state index contributed by atoms with van der Waals surface area (Å²) in [6.07, 6.45) is -23.7. The van der Waals surface area contributed by atoms with Crippen molar-refractivity contribution in [1.82, 2.24) is 0 Å². The third-order valence-corrected chi connectivity index (χ3v) is 5.71. The van der Waals surface area contributed by atoms with Gasteiger partial charge >= 0.3 is 0 Å². The molecule has 24 heteroatoms. The number of carbonyl (C=O) groups is 3. The van der Waals surface area contributed by atoms with E-state index in [1.165, 1.54) is 0 Å².